The average molecular weight is 286 g/mol. The van der Waals surface area contributed by atoms with Crippen LogP contribution in [0.25, 0.3) is 22.3 Å². The van der Waals surface area contributed by atoms with Crippen molar-refractivity contribution < 1.29 is 9.59 Å². The Morgan fingerprint density at radius 1 is 0.409 bits per heavy atom. The van der Waals surface area contributed by atoms with Crippen LogP contribution in [0.2, 0.25) is 0 Å². The SMILES string of the molecule is O=Cc1ccc(-c2ccc(-c3ccc(C=O)cc3)cc2)cc1. The summed E-state index contributed by atoms with van der Waals surface area (Å²) < 4.78 is 0. The minimum absolute atomic E-state index is 0.677. The Morgan fingerprint density at radius 3 is 0.864 bits per heavy atom. The van der Waals surface area contributed by atoms with E-state index in [2.05, 4.69) is 24.3 Å². The molecule has 2 nitrogen and oxygen atoms in total. The quantitative estimate of drug-likeness (QED) is 0.654. The molecule has 0 saturated heterocycles. The molecule has 0 aliphatic heterocycles. The Labute approximate surface area is 129 Å². The average Bonchev–Trinajstić information content (AvgIpc) is 2.62. The molecule has 0 aromatic heterocycles. The molecule has 2 heteroatoms. The lowest BCUT2D eigenvalue weighted by atomic mass is 9.99. The number of carbonyl (C=O) groups is 2. The number of benzene rings is 3. The highest BCUT2D eigenvalue weighted by Crippen LogP contribution is 2.25. The van der Waals surface area contributed by atoms with Gasteiger partial charge in [-0.2, -0.15) is 0 Å². The van der Waals surface area contributed by atoms with Gasteiger partial charge in [0, 0.05) is 11.1 Å². The third-order valence-electron chi connectivity index (χ3n) is 3.65. The van der Waals surface area contributed by atoms with Crippen molar-refractivity contribution in [2.45, 2.75) is 0 Å². The highest BCUT2D eigenvalue weighted by atomic mass is 16.1. The fourth-order valence-electron chi connectivity index (χ4n) is 2.36. The normalized spacial score (nSPS) is 10.2. The van der Waals surface area contributed by atoms with Gasteiger partial charge in [-0.25, -0.2) is 0 Å². The topological polar surface area (TPSA) is 34.1 Å². The summed E-state index contributed by atoms with van der Waals surface area (Å²) in [5.74, 6) is 0. The number of hydrogen-bond acceptors (Lipinski definition) is 2. The number of carbonyl (C=O) groups excluding carboxylic acids is 2. The van der Waals surface area contributed by atoms with Gasteiger partial charge < -0.3 is 0 Å². The highest BCUT2D eigenvalue weighted by Gasteiger charge is 2.01. The summed E-state index contributed by atoms with van der Waals surface area (Å²) in [5.41, 5.74) is 5.71. The maximum Gasteiger partial charge on any atom is 0.150 e. The molecule has 0 aliphatic carbocycles. The highest BCUT2D eigenvalue weighted by molar-refractivity contribution is 5.78. The van der Waals surface area contributed by atoms with Gasteiger partial charge in [0.2, 0.25) is 0 Å². The molecule has 0 amide bonds. The molecule has 106 valence electrons. The van der Waals surface area contributed by atoms with Gasteiger partial charge in [-0.1, -0.05) is 72.8 Å². The van der Waals surface area contributed by atoms with Crippen LogP contribution in [-0.2, 0) is 0 Å². The van der Waals surface area contributed by atoms with Crippen LogP contribution in [-0.4, -0.2) is 12.6 Å². The molecule has 0 fully saturated rings. The predicted molar refractivity (Wildman–Crippen MR) is 88.1 cm³/mol. The zero-order valence-electron chi connectivity index (χ0n) is 11.9. The molecule has 0 saturated carbocycles. The molecule has 3 rings (SSSR count). The maximum atomic E-state index is 10.7. The van der Waals surface area contributed by atoms with E-state index in [9.17, 15) is 9.59 Å². The van der Waals surface area contributed by atoms with Gasteiger partial charge >= 0.3 is 0 Å². The number of hydrogen-bond donors (Lipinski definition) is 0. The van der Waals surface area contributed by atoms with E-state index < -0.39 is 0 Å². The van der Waals surface area contributed by atoms with Crippen molar-refractivity contribution in [1.29, 1.82) is 0 Å². The standard InChI is InChI=1S/C20H14O2/c21-13-15-1-5-17(6-2-15)19-9-11-20(12-10-19)18-7-3-16(14-22)4-8-18/h1-14H. The van der Waals surface area contributed by atoms with Crippen LogP contribution in [0.5, 0.6) is 0 Å². The van der Waals surface area contributed by atoms with Crippen LogP contribution in [0.3, 0.4) is 0 Å². The second-order valence-electron chi connectivity index (χ2n) is 5.06. The van der Waals surface area contributed by atoms with Crippen molar-refractivity contribution >= 4 is 12.6 Å². The third-order valence-corrected chi connectivity index (χ3v) is 3.65. The molecule has 0 aliphatic rings. The zero-order valence-corrected chi connectivity index (χ0v) is 11.9. The van der Waals surface area contributed by atoms with Gasteiger partial charge in [0.1, 0.15) is 12.6 Å². The first-order valence-electron chi connectivity index (χ1n) is 7.01. The minimum atomic E-state index is 0.677. The van der Waals surface area contributed by atoms with E-state index in [1.54, 1.807) is 0 Å². The third kappa shape index (κ3) is 2.86. The monoisotopic (exact) mass is 286 g/mol. The van der Waals surface area contributed by atoms with E-state index in [1.807, 2.05) is 48.5 Å². The smallest absolute Gasteiger partial charge is 0.150 e. The Balaban J connectivity index is 1.87. The molecule has 0 spiro atoms. The van der Waals surface area contributed by atoms with Crippen molar-refractivity contribution in [2.75, 3.05) is 0 Å². The van der Waals surface area contributed by atoms with Crippen LogP contribution >= 0.6 is 0 Å². The number of rotatable bonds is 4. The maximum absolute atomic E-state index is 10.7. The van der Waals surface area contributed by atoms with Gasteiger partial charge in [-0.3, -0.25) is 9.59 Å². The summed E-state index contributed by atoms with van der Waals surface area (Å²) in [7, 11) is 0. The lowest BCUT2D eigenvalue weighted by Gasteiger charge is -2.05. The molecule has 3 aromatic rings. The minimum Gasteiger partial charge on any atom is -0.298 e. The number of aldehydes is 2. The first-order chi connectivity index (χ1) is 10.8. The first kappa shape index (κ1) is 14.0. The second kappa shape index (κ2) is 6.19. The molecule has 0 atom stereocenters. The fourth-order valence-corrected chi connectivity index (χ4v) is 2.36. The van der Waals surface area contributed by atoms with Crippen molar-refractivity contribution in [1.82, 2.24) is 0 Å². The van der Waals surface area contributed by atoms with Gasteiger partial charge in [-0.15, -0.1) is 0 Å². The molecular weight excluding hydrogens is 272 g/mol. The summed E-state index contributed by atoms with van der Waals surface area (Å²) in [5, 5.41) is 0. The molecule has 0 bridgehead atoms. The summed E-state index contributed by atoms with van der Waals surface area (Å²) in [4.78, 5) is 21.4. The second-order valence-corrected chi connectivity index (χ2v) is 5.06. The molecule has 0 heterocycles. The van der Waals surface area contributed by atoms with Gasteiger partial charge in [0.05, 0.1) is 0 Å². The zero-order chi connectivity index (χ0) is 15.4. The molecule has 0 unspecified atom stereocenters. The summed E-state index contributed by atoms with van der Waals surface area (Å²) in [6.07, 6.45) is 1.69. The summed E-state index contributed by atoms with van der Waals surface area (Å²) in [6.45, 7) is 0. The van der Waals surface area contributed by atoms with Crippen LogP contribution in [0.15, 0.2) is 72.8 Å². The van der Waals surface area contributed by atoms with Crippen molar-refractivity contribution in [3.8, 4) is 22.3 Å². The van der Waals surface area contributed by atoms with E-state index in [0.717, 1.165) is 34.8 Å². The predicted octanol–water partition coefficient (Wildman–Crippen LogP) is 4.65. The van der Waals surface area contributed by atoms with Gasteiger partial charge in [0.15, 0.2) is 0 Å². The van der Waals surface area contributed by atoms with Crippen LogP contribution < -0.4 is 0 Å². The largest absolute Gasteiger partial charge is 0.298 e. The Kier molecular flexibility index (Phi) is 3.92. The van der Waals surface area contributed by atoms with E-state index in [1.165, 1.54) is 0 Å². The van der Waals surface area contributed by atoms with E-state index >= 15 is 0 Å². The van der Waals surface area contributed by atoms with Crippen LogP contribution in [0, 0.1) is 0 Å². The van der Waals surface area contributed by atoms with Crippen molar-refractivity contribution in [3.05, 3.63) is 83.9 Å². The Hall–Kier alpha value is -3.00. The first-order valence-corrected chi connectivity index (χ1v) is 7.01. The van der Waals surface area contributed by atoms with Crippen molar-refractivity contribution in [3.63, 3.8) is 0 Å². The van der Waals surface area contributed by atoms with Gasteiger partial charge in [0.25, 0.3) is 0 Å². The molecule has 3 aromatic carbocycles. The lowest BCUT2D eigenvalue weighted by molar-refractivity contribution is 0.111. The Bertz CT molecular complexity index is 712. The fraction of sp³-hybridized carbons (Fsp3) is 0. The molecule has 0 N–H and O–H groups in total. The van der Waals surface area contributed by atoms with E-state index in [-0.39, 0.29) is 0 Å². The molecule has 0 radical (unpaired) electrons. The molecule has 22 heavy (non-hydrogen) atoms. The van der Waals surface area contributed by atoms with Gasteiger partial charge in [-0.05, 0) is 22.3 Å². The summed E-state index contributed by atoms with van der Waals surface area (Å²) >= 11 is 0. The Morgan fingerprint density at radius 2 is 0.636 bits per heavy atom. The van der Waals surface area contributed by atoms with E-state index in [4.69, 9.17) is 0 Å². The lowest BCUT2D eigenvalue weighted by Crippen LogP contribution is -1.83. The summed E-state index contributed by atoms with van der Waals surface area (Å²) in [6, 6.07) is 23.2. The molecular formula is C20H14O2. The van der Waals surface area contributed by atoms with Crippen molar-refractivity contribution in [2.24, 2.45) is 0 Å². The van der Waals surface area contributed by atoms with Crippen LogP contribution in [0.4, 0.5) is 0 Å². The van der Waals surface area contributed by atoms with Crippen LogP contribution in [0.1, 0.15) is 20.7 Å². The van der Waals surface area contributed by atoms with E-state index in [0.29, 0.717) is 11.1 Å².